The third kappa shape index (κ3) is 7.33. The van der Waals surface area contributed by atoms with Crippen LogP contribution in [0.25, 0.3) is 17.0 Å². The van der Waals surface area contributed by atoms with Gasteiger partial charge in [-0.25, -0.2) is 4.98 Å². The van der Waals surface area contributed by atoms with E-state index in [-0.39, 0.29) is 11.5 Å². The summed E-state index contributed by atoms with van der Waals surface area (Å²) in [5.41, 5.74) is 4.21. The highest BCUT2D eigenvalue weighted by atomic mass is 32.2. The summed E-state index contributed by atoms with van der Waals surface area (Å²) >= 11 is 1.33. The SMILES string of the molecule is [B]CC1CCN(C(=O)C(Sc2nc3cc(/C=C\C)c(C)cc3c(=O)n2CC)c2cccc(C#CCOCCC)c2)C1. The van der Waals surface area contributed by atoms with Crippen LogP contribution in [0.1, 0.15) is 61.1 Å². The number of carbonyl (C=O) groups excluding carboxylic acids is 1. The minimum absolute atomic E-state index is 0.00199. The van der Waals surface area contributed by atoms with E-state index in [9.17, 15) is 9.59 Å². The topological polar surface area (TPSA) is 64.4 Å². The standard InChI is InChI=1S/C33H38BN3O3S/c1-5-10-26-20-29-28(18-23(26)4)31(38)37(7-3)33(35-29)41-30(32(39)36-15-14-25(21-34)22-36)27-13-8-11-24(19-27)12-9-17-40-16-6-2/h5,8,10-11,13,18-20,25,30H,6-7,14-17,21-22H2,1-4H3/b10-5-. The predicted molar refractivity (Wildman–Crippen MR) is 169 cm³/mol. The van der Waals surface area contributed by atoms with Crippen LogP contribution >= 0.6 is 11.8 Å². The fourth-order valence-corrected chi connectivity index (χ4v) is 6.28. The second kappa shape index (κ2) is 14.6. The Kier molecular flexibility index (Phi) is 10.9. The van der Waals surface area contributed by atoms with E-state index < -0.39 is 5.25 Å². The van der Waals surface area contributed by atoms with E-state index in [0.29, 0.717) is 61.1 Å². The van der Waals surface area contributed by atoms with Crippen molar-refractivity contribution in [2.75, 3.05) is 26.3 Å². The summed E-state index contributed by atoms with van der Waals surface area (Å²) in [6.45, 7) is 10.8. The van der Waals surface area contributed by atoms with Crippen molar-refractivity contribution in [2.24, 2.45) is 5.92 Å². The molecule has 4 rings (SSSR count). The van der Waals surface area contributed by atoms with Gasteiger partial charge < -0.3 is 9.64 Å². The summed E-state index contributed by atoms with van der Waals surface area (Å²) in [5.74, 6) is 6.52. The number of thioether (sulfide) groups is 1. The van der Waals surface area contributed by atoms with Crippen LogP contribution in [0.5, 0.6) is 0 Å². The van der Waals surface area contributed by atoms with E-state index in [0.717, 1.165) is 35.1 Å². The van der Waals surface area contributed by atoms with Crippen molar-refractivity contribution in [1.29, 1.82) is 0 Å². The van der Waals surface area contributed by atoms with Gasteiger partial charge in [-0.05, 0) is 80.5 Å². The van der Waals surface area contributed by atoms with Crippen LogP contribution in [-0.4, -0.2) is 54.5 Å². The van der Waals surface area contributed by atoms with E-state index in [4.69, 9.17) is 17.6 Å². The Labute approximate surface area is 249 Å². The first-order valence-electron chi connectivity index (χ1n) is 14.4. The number of amides is 1. The van der Waals surface area contributed by atoms with Gasteiger partial charge in [-0.3, -0.25) is 14.2 Å². The molecular formula is C33H38BN3O3S. The molecule has 0 aliphatic carbocycles. The van der Waals surface area contributed by atoms with Crippen molar-refractivity contribution in [3.05, 3.63) is 75.1 Å². The van der Waals surface area contributed by atoms with Gasteiger partial charge in [0, 0.05) is 31.8 Å². The van der Waals surface area contributed by atoms with E-state index >= 15 is 0 Å². The largest absolute Gasteiger partial charge is 0.369 e. The Morgan fingerprint density at radius 3 is 2.83 bits per heavy atom. The monoisotopic (exact) mass is 567 g/mol. The average Bonchev–Trinajstić information content (AvgIpc) is 3.46. The molecule has 1 saturated heterocycles. The highest BCUT2D eigenvalue weighted by Gasteiger charge is 2.33. The molecule has 1 aliphatic heterocycles. The molecule has 1 amide bonds. The number of rotatable bonds is 10. The Bertz CT molecular complexity index is 1540. The lowest BCUT2D eigenvalue weighted by Gasteiger charge is -2.24. The number of hydrogen-bond donors (Lipinski definition) is 0. The van der Waals surface area contributed by atoms with Crippen molar-refractivity contribution in [3.8, 4) is 11.8 Å². The molecule has 2 unspecified atom stereocenters. The average molecular weight is 568 g/mol. The minimum atomic E-state index is -0.591. The third-order valence-corrected chi connectivity index (χ3v) is 8.52. The second-order valence-electron chi connectivity index (χ2n) is 10.3. The zero-order chi connectivity index (χ0) is 29.4. The summed E-state index contributed by atoms with van der Waals surface area (Å²) in [5, 5.41) is 0.516. The Morgan fingerprint density at radius 2 is 2.12 bits per heavy atom. The second-order valence-corrected chi connectivity index (χ2v) is 11.4. The molecule has 0 bridgehead atoms. The van der Waals surface area contributed by atoms with Crippen LogP contribution in [0.3, 0.4) is 0 Å². The number of nitrogens with zero attached hydrogens (tertiary/aromatic N) is 3. The van der Waals surface area contributed by atoms with Gasteiger partial charge in [0.25, 0.3) is 5.56 Å². The number of benzene rings is 2. The van der Waals surface area contributed by atoms with Crippen molar-refractivity contribution < 1.29 is 9.53 Å². The maximum atomic E-state index is 14.1. The van der Waals surface area contributed by atoms with Gasteiger partial charge in [-0.1, -0.05) is 61.1 Å². The molecule has 1 fully saturated rings. The van der Waals surface area contributed by atoms with E-state index in [1.54, 1.807) is 4.57 Å². The lowest BCUT2D eigenvalue weighted by Crippen LogP contribution is -2.33. The Morgan fingerprint density at radius 1 is 1.29 bits per heavy atom. The van der Waals surface area contributed by atoms with Gasteiger partial charge in [0.05, 0.1) is 18.7 Å². The maximum absolute atomic E-state index is 14.1. The van der Waals surface area contributed by atoms with Gasteiger partial charge >= 0.3 is 0 Å². The quantitative estimate of drug-likeness (QED) is 0.102. The van der Waals surface area contributed by atoms with Crippen LogP contribution in [-0.2, 0) is 16.1 Å². The van der Waals surface area contributed by atoms with Gasteiger partial charge in [0.1, 0.15) is 11.9 Å². The van der Waals surface area contributed by atoms with Crippen molar-refractivity contribution in [1.82, 2.24) is 14.5 Å². The minimum Gasteiger partial charge on any atom is -0.369 e. The van der Waals surface area contributed by atoms with Gasteiger partial charge in [-0.2, -0.15) is 0 Å². The number of likely N-dealkylation sites (tertiary alicyclic amines) is 1. The lowest BCUT2D eigenvalue weighted by atomic mass is 9.91. The zero-order valence-corrected chi connectivity index (χ0v) is 25.3. The van der Waals surface area contributed by atoms with Crippen molar-refractivity contribution >= 4 is 42.5 Å². The Balaban J connectivity index is 1.77. The number of ether oxygens (including phenoxy) is 1. The lowest BCUT2D eigenvalue weighted by molar-refractivity contribution is -0.129. The summed E-state index contributed by atoms with van der Waals surface area (Å²) in [4.78, 5) is 34.6. The van der Waals surface area contributed by atoms with Crippen molar-refractivity contribution in [2.45, 2.75) is 63.8 Å². The maximum Gasteiger partial charge on any atom is 0.262 e. The summed E-state index contributed by atoms with van der Waals surface area (Å²) in [7, 11) is 5.93. The fraction of sp³-hybridized carbons (Fsp3) is 0.424. The third-order valence-electron chi connectivity index (χ3n) is 7.29. The van der Waals surface area contributed by atoms with Crippen molar-refractivity contribution in [3.63, 3.8) is 0 Å². The highest BCUT2D eigenvalue weighted by Crippen LogP contribution is 2.38. The summed E-state index contributed by atoms with van der Waals surface area (Å²) in [6, 6.07) is 11.6. The molecule has 2 atom stereocenters. The predicted octanol–water partition coefficient (Wildman–Crippen LogP) is 5.80. The summed E-state index contributed by atoms with van der Waals surface area (Å²) in [6.07, 6.45) is 6.39. The van der Waals surface area contributed by atoms with Gasteiger partial charge in [0.15, 0.2) is 5.16 Å². The summed E-state index contributed by atoms with van der Waals surface area (Å²) < 4.78 is 7.17. The molecule has 0 N–H and O–H groups in total. The molecule has 0 saturated carbocycles. The first-order valence-corrected chi connectivity index (χ1v) is 15.3. The molecule has 1 aromatic heterocycles. The number of hydrogen-bond acceptors (Lipinski definition) is 5. The first kappa shape index (κ1) is 30.7. The number of fused-ring (bicyclic) bond motifs is 1. The zero-order valence-electron chi connectivity index (χ0n) is 24.5. The normalized spacial score (nSPS) is 15.8. The smallest absolute Gasteiger partial charge is 0.262 e. The molecule has 1 aliphatic rings. The van der Waals surface area contributed by atoms with Gasteiger partial charge in [0.2, 0.25) is 5.91 Å². The molecule has 2 heterocycles. The number of aryl methyl sites for hydroxylation is 1. The Hall–Kier alpha value is -3.28. The molecule has 6 nitrogen and oxygen atoms in total. The number of aromatic nitrogens is 2. The number of carbonyl (C=O) groups is 1. The number of allylic oxidation sites excluding steroid dienone is 1. The first-order chi connectivity index (χ1) is 19.9. The van der Waals surface area contributed by atoms with Crippen LogP contribution in [0.4, 0.5) is 0 Å². The molecular weight excluding hydrogens is 529 g/mol. The molecule has 2 radical (unpaired) electrons. The van der Waals surface area contributed by atoms with Crippen LogP contribution in [0.15, 0.2) is 52.4 Å². The molecule has 3 aromatic rings. The van der Waals surface area contributed by atoms with Crippen LogP contribution in [0.2, 0.25) is 6.32 Å². The molecule has 41 heavy (non-hydrogen) atoms. The highest BCUT2D eigenvalue weighted by molar-refractivity contribution is 8.00. The van der Waals surface area contributed by atoms with E-state index in [1.165, 1.54) is 11.8 Å². The van der Waals surface area contributed by atoms with Gasteiger partial charge in [-0.15, -0.1) is 0 Å². The van der Waals surface area contributed by atoms with Crippen LogP contribution in [0, 0.1) is 24.7 Å². The van der Waals surface area contributed by atoms with Crippen LogP contribution < -0.4 is 5.56 Å². The van der Waals surface area contributed by atoms with E-state index in [1.807, 2.05) is 74.2 Å². The van der Waals surface area contributed by atoms with E-state index in [2.05, 4.69) is 18.8 Å². The molecule has 0 spiro atoms. The molecule has 8 heteroatoms. The molecule has 212 valence electrons. The molecule has 2 aromatic carbocycles. The fourth-order valence-electron chi connectivity index (χ4n) is 5.04.